The first-order chi connectivity index (χ1) is 5.49. The molecule has 0 aromatic carbocycles. The molecule has 0 aromatic rings. The predicted octanol–water partition coefficient (Wildman–Crippen LogP) is 1.45. The van der Waals surface area contributed by atoms with Gasteiger partial charge in [-0.05, 0) is 5.92 Å². The molecule has 0 spiro atoms. The molecular weight excluding hydrogens is 158 g/mol. The Morgan fingerprint density at radius 1 is 1.50 bits per heavy atom. The third-order valence-electron chi connectivity index (χ3n) is 2.05. The second kappa shape index (κ2) is 5.09. The van der Waals surface area contributed by atoms with Gasteiger partial charge in [0.1, 0.15) is 0 Å². The Labute approximate surface area is 72.7 Å². The lowest BCUT2D eigenvalue weighted by molar-refractivity contribution is -0.525. The molecule has 0 amide bonds. The van der Waals surface area contributed by atoms with Crippen LogP contribution in [0.1, 0.15) is 33.6 Å². The van der Waals surface area contributed by atoms with E-state index in [1.165, 1.54) is 0 Å². The van der Waals surface area contributed by atoms with Gasteiger partial charge in [0, 0.05) is 17.8 Å². The smallest absolute Gasteiger partial charge is 0.215 e. The average Bonchev–Trinajstić information content (AvgIpc) is 1.98. The van der Waals surface area contributed by atoms with Crippen molar-refractivity contribution in [3.05, 3.63) is 10.1 Å². The zero-order valence-electron chi connectivity index (χ0n) is 7.86. The minimum absolute atomic E-state index is 0.0963. The average molecular weight is 175 g/mol. The Morgan fingerprint density at radius 2 is 2.00 bits per heavy atom. The van der Waals surface area contributed by atoms with Gasteiger partial charge < -0.3 is 5.11 Å². The second-order valence-electron chi connectivity index (χ2n) is 3.39. The van der Waals surface area contributed by atoms with Gasteiger partial charge in [-0.25, -0.2) is 0 Å². The summed E-state index contributed by atoms with van der Waals surface area (Å²) < 4.78 is 0. The predicted molar refractivity (Wildman–Crippen MR) is 46.5 cm³/mol. The van der Waals surface area contributed by atoms with Crippen molar-refractivity contribution in [3.8, 4) is 0 Å². The summed E-state index contributed by atoms with van der Waals surface area (Å²) in [5.74, 6) is 0.0963. The molecule has 0 saturated carbocycles. The van der Waals surface area contributed by atoms with Crippen molar-refractivity contribution in [2.45, 2.75) is 45.8 Å². The molecular formula is C8H17NO3. The van der Waals surface area contributed by atoms with Crippen molar-refractivity contribution in [2.24, 2.45) is 5.92 Å². The maximum Gasteiger partial charge on any atom is 0.215 e. The molecule has 0 saturated heterocycles. The molecule has 0 aliphatic carbocycles. The number of aliphatic hydroxyl groups is 1. The van der Waals surface area contributed by atoms with Gasteiger partial charge in [0.15, 0.2) is 0 Å². The number of nitrogens with zero attached hydrogens (tertiary/aromatic N) is 1. The number of nitro groups is 1. The lowest BCUT2D eigenvalue weighted by Crippen LogP contribution is -2.27. The molecule has 0 aliphatic rings. The molecule has 4 heteroatoms. The highest BCUT2D eigenvalue weighted by Gasteiger charge is 2.23. The van der Waals surface area contributed by atoms with Gasteiger partial charge in [0.2, 0.25) is 6.04 Å². The third kappa shape index (κ3) is 3.67. The maximum atomic E-state index is 10.4. The lowest BCUT2D eigenvalue weighted by atomic mass is 9.99. The topological polar surface area (TPSA) is 63.4 Å². The van der Waals surface area contributed by atoms with Gasteiger partial charge >= 0.3 is 0 Å². The maximum absolute atomic E-state index is 10.4. The van der Waals surface area contributed by atoms with E-state index in [1.54, 1.807) is 6.92 Å². The van der Waals surface area contributed by atoms with E-state index in [0.717, 1.165) is 0 Å². The monoisotopic (exact) mass is 175 g/mol. The molecule has 0 fully saturated rings. The lowest BCUT2D eigenvalue weighted by Gasteiger charge is -2.15. The van der Waals surface area contributed by atoms with Crippen molar-refractivity contribution in [3.63, 3.8) is 0 Å². The summed E-state index contributed by atoms with van der Waals surface area (Å²) in [7, 11) is 0. The summed E-state index contributed by atoms with van der Waals surface area (Å²) in [6.07, 6.45) is 0.193. The summed E-state index contributed by atoms with van der Waals surface area (Å²) in [5.41, 5.74) is 0. The number of hydrogen-bond donors (Lipinski definition) is 1. The van der Waals surface area contributed by atoms with E-state index < -0.39 is 12.1 Å². The zero-order chi connectivity index (χ0) is 9.72. The van der Waals surface area contributed by atoms with Gasteiger partial charge in [-0.15, -0.1) is 0 Å². The molecule has 0 bridgehead atoms. The van der Waals surface area contributed by atoms with Crippen LogP contribution in [0.5, 0.6) is 0 Å². The van der Waals surface area contributed by atoms with Crippen LogP contribution in [0.4, 0.5) is 0 Å². The van der Waals surface area contributed by atoms with Crippen molar-refractivity contribution in [2.75, 3.05) is 0 Å². The van der Waals surface area contributed by atoms with Crippen LogP contribution in [-0.4, -0.2) is 22.2 Å². The molecule has 4 nitrogen and oxygen atoms in total. The Kier molecular flexibility index (Phi) is 4.81. The molecule has 2 atom stereocenters. The van der Waals surface area contributed by atoms with Crippen molar-refractivity contribution < 1.29 is 10.0 Å². The largest absolute Gasteiger partial charge is 0.393 e. The van der Waals surface area contributed by atoms with Gasteiger partial charge in [0.25, 0.3) is 0 Å². The first-order valence-electron chi connectivity index (χ1n) is 4.30. The van der Waals surface area contributed by atoms with Gasteiger partial charge in [-0.2, -0.15) is 0 Å². The molecule has 0 aliphatic heterocycles. The Morgan fingerprint density at radius 3 is 2.25 bits per heavy atom. The highest BCUT2D eigenvalue weighted by atomic mass is 16.6. The highest BCUT2D eigenvalue weighted by molar-refractivity contribution is 4.65. The summed E-state index contributed by atoms with van der Waals surface area (Å²) in [5, 5.41) is 19.8. The first kappa shape index (κ1) is 11.4. The zero-order valence-corrected chi connectivity index (χ0v) is 7.86. The van der Waals surface area contributed by atoms with E-state index in [-0.39, 0.29) is 17.3 Å². The molecule has 0 radical (unpaired) electrons. The van der Waals surface area contributed by atoms with Crippen LogP contribution in [0.3, 0.4) is 0 Å². The summed E-state index contributed by atoms with van der Waals surface area (Å²) in [4.78, 5) is 10.1. The number of hydrogen-bond acceptors (Lipinski definition) is 3. The minimum atomic E-state index is -0.595. The van der Waals surface area contributed by atoms with Crippen LogP contribution >= 0.6 is 0 Å². The fraction of sp³-hybridized carbons (Fsp3) is 1.00. The van der Waals surface area contributed by atoms with E-state index >= 15 is 0 Å². The SMILES string of the molecule is CCC(C[C@H](O)C(C)C)[N+](=O)[O-]. The van der Waals surface area contributed by atoms with Crippen LogP contribution in [-0.2, 0) is 0 Å². The van der Waals surface area contributed by atoms with E-state index in [2.05, 4.69) is 0 Å². The molecule has 0 heterocycles. The van der Waals surface area contributed by atoms with Crippen molar-refractivity contribution >= 4 is 0 Å². The fourth-order valence-corrected chi connectivity index (χ4v) is 0.953. The van der Waals surface area contributed by atoms with Crippen LogP contribution in [0.2, 0.25) is 0 Å². The van der Waals surface area contributed by atoms with Gasteiger partial charge in [-0.3, -0.25) is 10.1 Å². The second-order valence-corrected chi connectivity index (χ2v) is 3.39. The first-order valence-corrected chi connectivity index (χ1v) is 4.30. The fourth-order valence-electron chi connectivity index (χ4n) is 0.953. The highest BCUT2D eigenvalue weighted by Crippen LogP contribution is 2.12. The van der Waals surface area contributed by atoms with E-state index in [9.17, 15) is 15.2 Å². The van der Waals surface area contributed by atoms with Crippen molar-refractivity contribution in [1.29, 1.82) is 0 Å². The van der Waals surface area contributed by atoms with Crippen LogP contribution < -0.4 is 0 Å². The van der Waals surface area contributed by atoms with Crippen LogP contribution in [0.15, 0.2) is 0 Å². The Hall–Kier alpha value is -0.640. The van der Waals surface area contributed by atoms with Crippen molar-refractivity contribution in [1.82, 2.24) is 0 Å². The molecule has 0 aromatic heterocycles. The number of aliphatic hydroxyl groups excluding tert-OH is 1. The molecule has 72 valence electrons. The van der Waals surface area contributed by atoms with Crippen LogP contribution in [0.25, 0.3) is 0 Å². The molecule has 1 unspecified atom stereocenters. The normalized spacial score (nSPS) is 16.1. The minimum Gasteiger partial charge on any atom is -0.393 e. The van der Waals surface area contributed by atoms with E-state index in [0.29, 0.717) is 6.42 Å². The Bertz CT molecular complexity index is 147. The third-order valence-corrected chi connectivity index (χ3v) is 2.05. The molecule has 1 N–H and O–H groups in total. The quantitative estimate of drug-likeness (QED) is 0.508. The Balaban J connectivity index is 3.94. The number of rotatable bonds is 5. The standard InChI is InChI=1S/C8H17NO3/c1-4-7(9(11)12)5-8(10)6(2)3/h6-8,10H,4-5H2,1-3H3/t7?,8-/m0/s1. The van der Waals surface area contributed by atoms with Gasteiger partial charge in [-0.1, -0.05) is 20.8 Å². The van der Waals surface area contributed by atoms with Crippen LogP contribution in [0, 0.1) is 16.0 Å². The summed E-state index contributed by atoms with van der Waals surface area (Å²) in [6.45, 7) is 5.48. The van der Waals surface area contributed by atoms with E-state index in [4.69, 9.17) is 0 Å². The van der Waals surface area contributed by atoms with E-state index in [1.807, 2.05) is 13.8 Å². The molecule has 0 rings (SSSR count). The molecule has 12 heavy (non-hydrogen) atoms. The van der Waals surface area contributed by atoms with Gasteiger partial charge in [0.05, 0.1) is 6.10 Å². The summed E-state index contributed by atoms with van der Waals surface area (Å²) >= 11 is 0. The summed E-state index contributed by atoms with van der Waals surface area (Å²) in [6, 6.07) is -0.595.